The number of hydrogen-bond donors (Lipinski definition) is 0. The molecule has 0 radical (unpaired) electrons. The van der Waals surface area contributed by atoms with Gasteiger partial charge in [0.05, 0.1) is 20.1 Å². The lowest BCUT2D eigenvalue weighted by atomic mass is 10.0. The highest BCUT2D eigenvalue weighted by molar-refractivity contribution is 6.07. The van der Waals surface area contributed by atoms with Gasteiger partial charge < -0.3 is 14.2 Å². The minimum Gasteiger partial charge on any atom is -0.471 e. The van der Waals surface area contributed by atoms with Crippen molar-refractivity contribution in [2.75, 3.05) is 13.7 Å². The fourth-order valence-electron chi connectivity index (χ4n) is 2.15. The van der Waals surface area contributed by atoms with Crippen LogP contribution in [-0.4, -0.2) is 38.0 Å². The highest BCUT2D eigenvalue weighted by Gasteiger charge is 2.14. The number of hydrogen-bond acceptors (Lipinski definition) is 6. The van der Waals surface area contributed by atoms with Crippen LogP contribution in [0, 0.1) is 0 Å². The SMILES string of the molecule is CC(=O)CC(=O)c1ccc(COC2CCCCO2)cc1.COC=O. The first-order valence-electron chi connectivity index (χ1n) is 7.88. The van der Waals surface area contributed by atoms with Crippen molar-refractivity contribution in [2.24, 2.45) is 0 Å². The molecule has 1 aliphatic rings. The minimum absolute atomic E-state index is 0.0360. The van der Waals surface area contributed by atoms with E-state index in [4.69, 9.17) is 14.3 Å². The summed E-state index contributed by atoms with van der Waals surface area (Å²) in [6, 6.07) is 7.20. The number of carbonyl (C=O) groups excluding carboxylic acids is 3. The molecule has 6 heteroatoms. The summed E-state index contributed by atoms with van der Waals surface area (Å²) in [6.07, 6.45) is 3.04. The van der Waals surface area contributed by atoms with Crippen LogP contribution in [0.25, 0.3) is 0 Å². The van der Waals surface area contributed by atoms with E-state index in [0.717, 1.165) is 31.4 Å². The summed E-state index contributed by atoms with van der Waals surface area (Å²) in [4.78, 5) is 31.6. The molecule has 1 saturated heterocycles. The van der Waals surface area contributed by atoms with E-state index in [0.29, 0.717) is 18.6 Å². The molecule has 1 atom stereocenters. The van der Waals surface area contributed by atoms with Crippen molar-refractivity contribution >= 4 is 18.0 Å². The largest absolute Gasteiger partial charge is 0.471 e. The number of carbonyl (C=O) groups is 3. The molecule has 132 valence electrons. The van der Waals surface area contributed by atoms with Crippen LogP contribution in [0.3, 0.4) is 0 Å². The van der Waals surface area contributed by atoms with Crippen LogP contribution in [-0.2, 0) is 30.4 Å². The summed E-state index contributed by atoms with van der Waals surface area (Å²) in [5.41, 5.74) is 1.57. The lowest BCUT2D eigenvalue weighted by Crippen LogP contribution is -2.22. The van der Waals surface area contributed by atoms with Crippen molar-refractivity contribution in [2.45, 2.75) is 45.5 Å². The van der Waals surface area contributed by atoms with Gasteiger partial charge in [-0.3, -0.25) is 14.4 Å². The zero-order valence-electron chi connectivity index (χ0n) is 14.2. The molecule has 0 N–H and O–H groups in total. The third-order valence-electron chi connectivity index (χ3n) is 3.36. The first-order valence-corrected chi connectivity index (χ1v) is 7.88. The normalized spacial score (nSPS) is 16.5. The Morgan fingerprint density at radius 2 is 1.92 bits per heavy atom. The summed E-state index contributed by atoms with van der Waals surface area (Å²) in [5.74, 6) is -0.252. The Balaban J connectivity index is 0.000000648. The fraction of sp³-hybridized carbons (Fsp3) is 0.500. The van der Waals surface area contributed by atoms with Gasteiger partial charge in [0.15, 0.2) is 12.1 Å². The molecule has 6 nitrogen and oxygen atoms in total. The zero-order chi connectivity index (χ0) is 17.8. The van der Waals surface area contributed by atoms with Gasteiger partial charge in [0.1, 0.15) is 5.78 Å². The molecule has 0 bridgehead atoms. The van der Waals surface area contributed by atoms with Crippen LogP contribution in [0.2, 0.25) is 0 Å². The molecule has 0 saturated carbocycles. The van der Waals surface area contributed by atoms with Crippen molar-refractivity contribution in [3.63, 3.8) is 0 Å². The number of ketones is 2. The van der Waals surface area contributed by atoms with E-state index in [1.165, 1.54) is 14.0 Å². The highest BCUT2D eigenvalue weighted by Crippen LogP contribution is 2.16. The molecule has 1 aliphatic heterocycles. The molecule has 1 unspecified atom stereocenters. The Morgan fingerprint density at radius 1 is 1.25 bits per heavy atom. The van der Waals surface area contributed by atoms with Crippen molar-refractivity contribution in [1.29, 1.82) is 0 Å². The summed E-state index contributed by atoms with van der Waals surface area (Å²) >= 11 is 0. The third-order valence-corrected chi connectivity index (χ3v) is 3.36. The molecular formula is C18H24O6. The topological polar surface area (TPSA) is 78.9 Å². The first-order chi connectivity index (χ1) is 11.6. The van der Waals surface area contributed by atoms with Gasteiger partial charge in [-0.05, 0) is 31.7 Å². The van der Waals surface area contributed by atoms with Crippen LogP contribution in [0.5, 0.6) is 0 Å². The summed E-state index contributed by atoms with van der Waals surface area (Å²) in [6.45, 7) is 3.04. The maximum Gasteiger partial charge on any atom is 0.292 e. The Bertz CT molecular complexity index is 517. The second-order valence-electron chi connectivity index (χ2n) is 5.44. The average molecular weight is 336 g/mol. The molecule has 0 aromatic heterocycles. The predicted molar refractivity (Wildman–Crippen MR) is 87.5 cm³/mol. The Labute approximate surface area is 142 Å². The van der Waals surface area contributed by atoms with E-state index in [-0.39, 0.29) is 24.3 Å². The number of benzene rings is 1. The molecular weight excluding hydrogens is 312 g/mol. The van der Waals surface area contributed by atoms with Crippen LogP contribution >= 0.6 is 0 Å². The molecule has 0 amide bonds. The van der Waals surface area contributed by atoms with Gasteiger partial charge in [0.2, 0.25) is 0 Å². The maximum atomic E-state index is 11.7. The predicted octanol–water partition coefficient (Wildman–Crippen LogP) is 2.68. The van der Waals surface area contributed by atoms with E-state index >= 15 is 0 Å². The van der Waals surface area contributed by atoms with Crippen LogP contribution < -0.4 is 0 Å². The molecule has 2 rings (SSSR count). The minimum atomic E-state index is -0.138. The summed E-state index contributed by atoms with van der Waals surface area (Å²) in [5, 5.41) is 0. The van der Waals surface area contributed by atoms with Crippen molar-refractivity contribution in [3.8, 4) is 0 Å². The lowest BCUT2D eigenvalue weighted by Gasteiger charge is -2.22. The van der Waals surface area contributed by atoms with Gasteiger partial charge in [-0.1, -0.05) is 24.3 Å². The molecule has 1 fully saturated rings. The van der Waals surface area contributed by atoms with E-state index in [9.17, 15) is 9.59 Å². The molecule has 1 heterocycles. The van der Waals surface area contributed by atoms with Gasteiger partial charge in [-0.2, -0.15) is 0 Å². The van der Waals surface area contributed by atoms with Crippen molar-refractivity contribution in [3.05, 3.63) is 35.4 Å². The zero-order valence-corrected chi connectivity index (χ0v) is 14.2. The van der Waals surface area contributed by atoms with Crippen LogP contribution in [0.1, 0.15) is 48.5 Å². The quantitative estimate of drug-likeness (QED) is 0.433. The van der Waals surface area contributed by atoms with E-state index in [1.54, 1.807) is 12.1 Å². The Kier molecular flexibility index (Phi) is 9.56. The van der Waals surface area contributed by atoms with E-state index in [1.807, 2.05) is 12.1 Å². The second kappa shape index (κ2) is 11.5. The number of Topliss-reactive ketones (excluding diaryl/α,β-unsaturated/α-hetero) is 2. The summed E-state index contributed by atoms with van der Waals surface area (Å²) in [7, 11) is 1.31. The van der Waals surface area contributed by atoms with Crippen LogP contribution in [0.4, 0.5) is 0 Å². The Morgan fingerprint density at radius 3 is 2.42 bits per heavy atom. The molecule has 0 spiro atoms. The average Bonchev–Trinajstić information content (AvgIpc) is 2.61. The van der Waals surface area contributed by atoms with Crippen molar-refractivity contribution in [1.82, 2.24) is 0 Å². The number of methoxy groups -OCH3 is 1. The van der Waals surface area contributed by atoms with Gasteiger partial charge in [-0.15, -0.1) is 0 Å². The molecule has 1 aromatic rings. The molecule has 1 aromatic carbocycles. The van der Waals surface area contributed by atoms with Gasteiger partial charge in [-0.25, -0.2) is 0 Å². The third kappa shape index (κ3) is 7.99. The molecule has 24 heavy (non-hydrogen) atoms. The first kappa shape index (κ1) is 20.0. The van der Waals surface area contributed by atoms with Crippen molar-refractivity contribution < 1.29 is 28.6 Å². The smallest absolute Gasteiger partial charge is 0.292 e. The van der Waals surface area contributed by atoms with Gasteiger partial charge in [0.25, 0.3) is 6.47 Å². The monoisotopic (exact) mass is 336 g/mol. The standard InChI is InChI=1S/C16H20O4.C2H4O2/c1-12(17)10-15(18)14-7-5-13(6-8-14)11-20-16-4-2-3-9-19-16;1-4-2-3/h5-8,16H,2-4,9-11H2,1H3;2H,1H3. The number of ether oxygens (including phenoxy) is 3. The van der Waals surface area contributed by atoms with E-state index < -0.39 is 0 Å². The summed E-state index contributed by atoms with van der Waals surface area (Å²) < 4.78 is 15.0. The number of rotatable bonds is 7. The van der Waals surface area contributed by atoms with Gasteiger partial charge in [0, 0.05) is 12.2 Å². The van der Waals surface area contributed by atoms with Crippen LogP contribution in [0.15, 0.2) is 24.3 Å². The van der Waals surface area contributed by atoms with Gasteiger partial charge >= 0.3 is 0 Å². The highest BCUT2D eigenvalue weighted by atomic mass is 16.7. The second-order valence-corrected chi connectivity index (χ2v) is 5.44. The lowest BCUT2D eigenvalue weighted by molar-refractivity contribution is -0.168. The fourth-order valence-corrected chi connectivity index (χ4v) is 2.15. The maximum absolute atomic E-state index is 11.7. The van der Waals surface area contributed by atoms with E-state index in [2.05, 4.69) is 4.74 Å². The Hall–Kier alpha value is -2.05. The molecule has 0 aliphatic carbocycles.